The largest absolute Gasteiger partial charge is 0.339 e. The van der Waals surface area contributed by atoms with E-state index in [-0.39, 0.29) is 0 Å². The maximum atomic E-state index is 11.7. The van der Waals surface area contributed by atoms with E-state index >= 15 is 0 Å². The van der Waals surface area contributed by atoms with E-state index in [1.165, 1.54) is 32.1 Å². The van der Waals surface area contributed by atoms with E-state index in [2.05, 4.69) is 11.8 Å². The van der Waals surface area contributed by atoms with E-state index in [1.54, 1.807) is 0 Å². The van der Waals surface area contributed by atoms with E-state index in [9.17, 15) is 4.79 Å². The van der Waals surface area contributed by atoms with E-state index in [0.29, 0.717) is 17.9 Å². The van der Waals surface area contributed by atoms with Crippen molar-refractivity contribution in [3.05, 3.63) is 0 Å². The van der Waals surface area contributed by atoms with Crippen molar-refractivity contribution in [2.24, 2.45) is 5.92 Å². The third-order valence-electron chi connectivity index (χ3n) is 3.52. The molecule has 2 rings (SSSR count). The van der Waals surface area contributed by atoms with E-state index < -0.39 is 0 Å². The second-order valence-corrected chi connectivity index (χ2v) is 4.51. The van der Waals surface area contributed by atoms with Crippen molar-refractivity contribution in [2.45, 2.75) is 51.5 Å². The standard InChI is InChI=1S/C11H19NO/c1-9-7-8-12(11(9)13)10-5-3-2-4-6-10/h9-10H,2-8H2,1H3. The van der Waals surface area contributed by atoms with Crippen LogP contribution < -0.4 is 0 Å². The van der Waals surface area contributed by atoms with Gasteiger partial charge in [0.2, 0.25) is 5.91 Å². The van der Waals surface area contributed by atoms with E-state index in [0.717, 1.165) is 13.0 Å². The average Bonchev–Trinajstić information content (AvgIpc) is 2.49. The van der Waals surface area contributed by atoms with Crippen LogP contribution in [0.2, 0.25) is 0 Å². The van der Waals surface area contributed by atoms with Gasteiger partial charge in [-0.2, -0.15) is 0 Å². The Bertz CT molecular complexity index is 196. The first-order valence-electron chi connectivity index (χ1n) is 5.59. The Morgan fingerprint density at radius 1 is 1.15 bits per heavy atom. The molecule has 1 saturated heterocycles. The van der Waals surface area contributed by atoms with Crippen LogP contribution in [0.5, 0.6) is 0 Å². The molecule has 0 radical (unpaired) electrons. The lowest BCUT2D eigenvalue weighted by Gasteiger charge is -2.31. The minimum Gasteiger partial charge on any atom is -0.339 e. The van der Waals surface area contributed by atoms with Crippen LogP contribution in [0.1, 0.15) is 45.4 Å². The van der Waals surface area contributed by atoms with Crippen molar-refractivity contribution in [3.8, 4) is 0 Å². The summed E-state index contributed by atoms with van der Waals surface area (Å²) < 4.78 is 0. The summed E-state index contributed by atoms with van der Waals surface area (Å²) >= 11 is 0. The first-order valence-corrected chi connectivity index (χ1v) is 5.59. The number of rotatable bonds is 1. The van der Waals surface area contributed by atoms with Crippen LogP contribution >= 0.6 is 0 Å². The Balaban J connectivity index is 1.96. The van der Waals surface area contributed by atoms with Gasteiger partial charge in [-0.1, -0.05) is 26.2 Å². The van der Waals surface area contributed by atoms with Gasteiger partial charge in [0.15, 0.2) is 0 Å². The second kappa shape index (κ2) is 3.69. The van der Waals surface area contributed by atoms with Gasteiger partial charge in [0.05, 0.1) is 0 Å². The summed E-state index contributed by atoms with van der Waals surface area (Å²) in [6.45, 7) is 3.08. The minimum absolute atomic E-state index is 0.293. The SMILES string of the molecule is CC1CCN(C2CCCCC2)C1=O. The third kappa shape index (κ3) is 1.72. The maximum Gasteiger partial charge on any atom is 0.225 e. The molecule has 1 aliphatic heterocycles. The van der Waals surface area contributed by atoms with E-state index in [1.807, 2.05) is 0 Å². The first-order chi connectivity index (χ1) is 6.29. The highest BCUT2D eigenvalue weighted by atomic mass is 16.2. The van der Waals surface area contributed by atoms with Crippen LogP contribution in [0.25, 0.3) is 0 Å². The first kappa shape index (κ1) is 9.04. The summed E-state index contributed by atoms with van der Waals surface area (Å²) in [6, 6.07) is 0.589. The molecule has 1 aliphatic carbocycles. The number of nitrogens with zero attached hydrogens (tertiary/aromatic N) is 1. The van der Waals surface area contributed by atoms with Crippen molar-refractivity contribution in [3.63, 3.8) is 0 Å². The lowest BCUT2D eigenvalue weighted by molar-refractivity contribution is -0.133. The maximum absolute atomic E-state index is 11.7. The highest BCUT2D eigenvalue weighted by Crippen LogP contribution is 2.28. The van der Waals surface area contributed by atoms with Gasteiger partial charge >= 0.3 is 0 Å². The van der Waals surface area contributed by atoms with Gasteiger partial charge in [-0.05, 0) is 19.3 Å². The average molecular weight is 181 g/mol. The molecule has 13 heavy (non-hydrogen) atoms. The van der Waals surface area contributed by atoms with Crippen molar-refractivity contribution in [1.29, 1.82) is 0 Å². The normalized spacial score (nSPS) is 31.3. The second-order valence-electron chi connectivity index (χ2n) is 4.51. The van der Waals surface area contributed by atoms with Crippen LogP contribution in [0, 0.1) is 5.92 Å². The predicted octanol–water partition coefficient (Wildman–Crippen LogP) is 2.19. The molecule has 1 heterocycles. The monoisotopic (exact) mass is 181 g/mol. The Morgan fingerprint density at radius 2 is 1.85 bits per heavy atom. The quantitative estimate of drug-likeness (QED) is 0.607. The van der Waals surface area contributed by atoms with Gasteiger partial charge in [-0.15, -0.1) is 0 Å². The number of carbonyl (C=O) groups excluding carboxylic acids is 1. The molecule has 1 saturated carbocycles. The Morgan fingerprint density at radius 3 is 2.38 bits per heavy atom. The summed E-state index contributed by atoms with van der Waals surface area (Å²) in [5.41, 5.74) is 0. The molecule has 2 heteroatoms. The zero-order valence-corrected chi connectivity index (χ0v) is 8.46. The molecule has 1 atom stereocenters. The van der Waals surface area contributed by atoms with Crippen molar-refractivity contribution < 1.29 is 4.79 Å². The Kier molecular flexibility index (Phi) is 2.56. The molecule has 2 nitrogen and oxygen atoms in total. The summed E-state index contributed by atoms with van der Waals surface area (Å²) in [7, 11) is 0. The molecule has 0 aromatic heterocycles. The van der Waals surface area contributed by atoms with Crippen LogP contribution in [0.4, 0.5) is 0 Å². The fourth-order valence-corrected chi connectivity index (χ4v) is 2.60. The highest BCUT2D eigenvalue weighted by Gasteiger charge is 2.33. The summed E-state index contributed by atoms with van der Waals surface area (Å²) in [4.78, 5) is 13.9. The zero-order chi connectivity index (χ0) is 9.26. The minimum atomic E-state index is 0.293. The molecule has 0 spiro atoms. The fourth-order valence-electron chi connectivity index (χ4n) is 2.60. The van der Waals surface area contributed by atoms with Gasteiger partial charge in [0.1, 0.15) is 0 Å². The van der Waals surface area contributed by atoms with Gasteiger partial charge < -0.3 is 4.90 Å². The smallest absolute Gasteiger partial charge is 0.225 e. The van der Waals surface area contributed by atoms with Crippen molar-refractivity contribution >= 4 is 5.91 Å². The van der Waals surface area contributed by atoms with Crippen LogP contribution in [0.15, 0.2) is 0 Å². The van der Waals surface area contributed by atoms with Crippen molar-refractivity contribution in [1.82, 2.24) is 4.90 Å². The lowest BCUT2D eigenvalue weighted by atomic mass is 9.94. The van der Waals surface area contributed by atoms with Crippen LogP contribution in [-0.4, -0.2) is 23.4 Å². The molecular formula is C11H19NO. The summed E-state index contributed by atoms with van der Waals surface area (Å²) in [6.07, 6.45) is 7.59. The summed E-state index contributed by atoms with van der Waals surface area (Å²) in [5.74, 6) is 0.703. The molecule has 74 valence electrons. The molecule has 0 aromatic rings. The molecule has 2 fully saturated rings. The van der Waals surface area contributed by atoms with Crippen LogP contribution in [0.3, 0.4) is 0 Å². The number of amides is 1. The molecule has 1 amide bonds. The van der Waals surface area contributed by atoms with E-state index in [4.69, 9.17) is 0 Å². The molecular weight excluding hydrogens is 162 g/mol. The zero-order valence-electron chi connectivity index (χ0n) is 8.46. The molecule has 0 bridgehead atoms. The van der Waals surface area contributed by atoms with Crippen LogP contribution in [-0.2, 0) is 4.79 Å². The molecule has 0 aromatic carbocycles. The number of likely N-dealkylation sites (tertiary alicyclic amines) is 1. The van der Waals surface area contributed by atoms with Gasteiger partial charge in [-0.3, -0.25) is 4.79 Å². The number of hydrogen-bond acceptors (Lipinski definition) is 1. The lowest BCUT2D eigenvalue weighted by Crippen LogP contribution is -2.38. The number of carbonyl (C=O) groups is 1. The van der Waals surface area contributed by atoms with Crippen molar-refractivity contribution in [2.75, 3.05) is 6.54 Å². The summed E-state index contributed by atoms with van der Waals surface area (Å²) in [5, 5.41) is 0. The Labute approximate surface area is 80.3 Å². The topological polar surface area (TPSA) is 20.3 Å². The molecule has 0 N–H and O–H groups in total. The Hall–Kier alpha value is -0.530. The predicted molar refractivity (Wildman–Crippen MR) is 52.4 cm³/mol. The molecule has 2 aliphatic rings. The number of hydrogen-bond donors (Lipinski definition) is 0. The van der Waals surface area contributed by atoms with Gasteiger partial charge in [0.25, 0.3) is 0 Å². The third-order valence-corrected chi connectivity index (χ3v) is 3.52. The highest BCUT2D eigenvalue weighted by molar-refractivity contribution is 5.80. The van der Waals surface area contributed by atoms with Gasteiger partial charge in [0, 0.05) is 18.5 Å². The fraction of sp³-hybridized carbons (Fsp3) is 0.909. The molecule has 1 unspecified atom stereocenters. The van der Waals surface area contributed by atoms with Gasteiger partial charge in [-0.25, -0.2) is 0 Å².